The van der Waals surface area contributed by atoms with Gasteiger partial charge in [0.25, 0.3) is 0 Å². The Balaban J connectivity index is 2.10. The van der Waals surface area contributed by atoms with E-state index in [1.807, 2.05) is 25.1 Å². The molecule has 0 saturated carbocycles. The SMILES string of the molecule is CC[C@H](NC(=O)OC(C)(C)C)C(=O)N1CCc2c(Cl)cccc21. The van der Waals surface area contributed by atoms with Crippen LogP contribution in [-0.4, -0.2) is 30.2 Å². The molecule has 1 aliphatic heterocycles. The molecule has 1 N–H and O–H groups in total. The summed E-state index contributed by atoms with van der Waals surface area (Å²) in [5, 5.41) is 3.33. The van der Waals surface area contributed by atoms with Crippen molar-refractivity contribution in [1.29, 1.82) is 0 Å². The number of nitrogens with zero attached hydrogens (tertiary/aromatic N) is 1. The predicted molar refractivity (Wildman–Crippen MR) is 91.0 cm³/mol. The summed E-state index contributed by atoms with van der Waals surface area (Å²) in [6.45, 7) is 7.79. The Bertz CT molecular complexity index is 610. The van der Waals surface area contributed by atoms with Gasteiger partial charge < -0.3 is 15.0 Å². The van der Waals surface area contributed by atoms with Crippen molar-refractivity contribution in [2.45, 2.75) is 52.2 Å². The first-order valence-corrected chi connectivity index (χ1v) is 8.19. The van der Waals surface area contributed by atoms with E-state index in [1.165, 1.54) is 0 Å². The third kappa shape index (κ3) is 4.16. The van der Waals surface area contributed by atoms with Crippen molar-refractivity contribution in [3.8, 4) is 0 Å². The minimum atomic E-state index is -0.616. The molecule has 0 unspecified atom stereocenters. The molecule has 2 amide bonds. The van der Waals surface area contributed by atoms with Crippen molar-refractivity contribution in [2.75, 3.05) is 11.4 Å². The molecule has 1 aromatic carbocycles. The molecule has 0 radical (unpaired) electrons. The normalized spacial score (nSPS) is 15.1. The number of fused-ring (bicyclic) bond motifs is 1. The molecule has 1 atom stereocenters. The van der Waals surface area contributed by atoms with Crippen LogP contribution in [0.3, 0.4) is 0 Å². The average molecular weight is 339 g/mol. The van der Waals surface area contributed by atoms with Crippen LogP contribution in [0.15, 0.2) is 18.2 Å². The van der Waals surface area contributed by atoms with Gasteiger partial charge in [0.1, 0.15) is 11.6 Å². The molecule has 0 bridgehead atoms. The first kappa shape index (κ1) is 17.6. The summed E-state index contributed by atoms with van der Waals surface area (Å²) in [5.74, 6) is -0.139. The van der Waals surface area contributed by atoms with Crippen LogP contribution in [0.2, 0.25) is 5.02 Å². The van der Waals surface area contributed by atoms with Gasteiger partial charge in [-0.1, -0.05) is 24.6 Å². The highest BCUT2D eigenvalue weighted by atomic mass is 35.5. The van der Waals surface area contributed by atoms with Gasteiger partial charge in [-0.05, 0) is 51.3 Å². The molecule has 0 fully saturated rings. The number of rotatable bonds is 3. The number of alkyl carbamates (subject to hydrolysis) is 1. The van der Waals surface area contributed by atoms with Crippen molar-refractivity contribution >= 4 is 29.3 Å². The number of carbonyl (C=O) groups excluding carboxylic acids is 2. The lowest BCUT2D eigenvalue weighted by molar-refractivity contribution is -0.120. The number of halogens is 1. The molecule has 6 heteroatoms. The molecule has 5 nitrogen and oxygen atoms in total. The van der Waals surface area contributed by atoms with Crippen LogP contribution in [0.1, 0.15) is 39.7 Å². The van der Waals surface area contributed by atoms with Gasteiger partial charge in [0.05, 0.1) is 0 Å². The quantitative estimate of drug-likeness (QED) is 0.917. The van der Waals surface area contributed by atoms with Crippen molar-refractivity contribution in [2.24, 2.45) is 0 Å². The van der Waals surface area contributed by atoms with E-state index in [2.05, 4.69) is 5.32 Å². The monoisotopic (exact) mass is 338 g/mol. The maximum Gasteiger partial charge on any atom is 0.408 e. The van der Waals surface area contributed by atoms with Crippen LogP contribution in [0.5, 0.6) is 0 Å². The highest BCUT2D eigenvalue weighted by Gasteiger charge is 2.32. The second-order valence-electron chi connectivity index (χ2n) is 6.58. The Morgan fingerprint density at radius 3 is 2.70 bits per heavy atom. The number of carbonyl (C=O) groups is 2. The van der Waals surface area contributed by atoms with E-state index in [0.717, 1.165) is 17.7 Å². The number of amides is 2. The maximum atomic E-state index is 12.8. The predicted octanol–water partition coefficient (Wildman–Crippen LogP) is 3.53. The molecule has 23 heavy (non-hydrogen) atoms. The second kappa shape index (κ2) is 6.79. The van der Waals surface area contributed by atoms with Gasteiger partial charge >= 0.3 is 6.09 Å². The molecule has 0 saturated heterocycles. The van der Waals surface area contributed by atoms with Crippen molar-refractivity contribution in [3.63, 3.8) is 0 Å². The zero-order valence-corrected chi connectivity index (χ0v) is 14.7. The van der Waals surface area contributed by atoms with E-state index < -0.39 is 17.7 Å². The van der Waals surface area contributed by atoms with Gasteiger partial charge in [-0.25, -0.2) is 4.79 Å². The Morgan fingerprint density at radius 2 is 2.09 bits per heavy atom. The van der Waals surface area contributed by atoms with Crippen LogP contribution in [0.25, 0.3) is 0 Å². The van der Waals surface area contributed by atoms with Crippen LogP contribution in [0.4, 0.5) is 10.5 Å². The minimum absolute atomic E-state index is 0.139. The van der Waals surface area contributed by atoms with Crippen molar-refractivity contribution in [3.05, 3.63) is 28.8 Å². The number of nitrogens with one attached hydrogen (secondary N) is 1. The van der Waals surface area contributed by atoms with Crippen LogP contribution < -0.4 is 10.2 Å². The lowest BCUT2D eigenvalue weighted by Crippen LogP contribution is -2.49. The highest BCUT2D eigenvalue weighted by Crippen LogP contribution is 2.33. The molecule has 126 valence electrons. The lowest BCUT2D eigenvalue weighted by atomic mass is 10.1. The number of hydrogen-bond acceptors (Lipinski definition) is 3. The average Bonchev–Trinajstić information content (AvgIpc) is 2.87. The Morgan fingerprint density at radius 1 is 1.39 bits per heavy atom. The van der Waals surface area contributed by atoms with Crippen LogP contribution in [0, 0.1) is 0 Å². The van der Waals surface area contributed by atoms with E-state index in [1.54, 1.807) is 25.7 Å². The third-order valence-electron chi connectivity index (χ3n) is 3.63. The fourth-order valence-corrected chi connectivity index (χ4v) is 2.86. The summed E-state index contributed by atoms with van der Waals surface area (Å²) < 4.78 is 5.23. The van der Waals surface area contributed by atoms with Crippen molar-refractivity contribution in [1.82, 2.24) is 5.32 Å². The van der Waals surface area contributed by atoms with E-state index in [-0.39, 0.29) is 5.91 Å². The zero-order valence-electron chi connectivity index (χ0n) is 14.0. The maximum absolute atomic E-state index is 12.8. The fourth-order valence-electron chi connectivity index (χ4n) is 2.60. The molecular weight excluding hydrogens is 316 g/mol. The molecule has 0 aliphatic carbocycles. The molecule has 1 aliphatic rings. The first-order chi connectivity index (χ1) is 10.7. The number of benzene rings is 1. The second-order valence-corrected chi connectivity index (χ2v) is 6.99. The Kier molecular flexibility index (Phi) is 5.19. The minimum Gasteiger partial charge on any atom is -0.444 e. The van der Waals surface area contributed by atoms with E-state index in [4.69, 9.17) is 16.3 Å². The van der Waals surface area contributed by atoms with Gasteiger partial charge in [-0.15, -0.1) is 0 Å². The Labute approximate surface area is 141 Å². The van der Waals surface area contributed by atoms with E-state index >= 15 is 0 Å². The summed E-state index contributed by atoms with van der Waals surface area (Å²) in [6, 6.07) is 4.92. The molecule has 0 spiro atoms. The fraction of sp³-hybridized carbons (Fsp3) is 0.529. The number of anilines is 1. The van der Waals surface area contributed by atoms with Gasteiger partial charge in [0, 0.05) is 17.3 Å². The van der Waals surface area contributed by atoms with Gasteiger partial charge in [-0.3, -0.25) is 4.79 Å². The summed E-state index contributed by atoms with van der Waals surface area (Å²) >= 11 is 6.18. The van der Waals surface area contributed by atoms with E-state index in [9.17, 15) is 9.59 Å². The third-order valence-corrected chi connectivity index (χ3v) is 3.99. The van der Waals surface area contributed by atoms with E-state index in [0.29, 0.717) is 18.0 Å². The summed E-state index contributed by atoms with van der Waals surface area (Å²) in [5.41, 5.74) is 1.21. The molecular formula is C17H23ClN2O3. The van der Waals surface area contributed by atoms with Crippen LogP contribution >= 0.6 is 11.6 Å². The largest absolute Gasteiger partial charge is 0.444 e. The zero-order chi connectivity index (χ0) is 17.2. The standard InChI is InChI=1S/C17H23ClN2O3/c1-5-13(19-16(22)23-17(2,3)4)15(21)20-10-9-11-12(18)7-6-8-14(11)20/h6-8,13H,5,9-10H2,1-4H3,(H,19,22)/t13-/m0/s1. The molecule has 1 heterocycles. The Hall–Kier alpha value is -1.75. The van der Waals surface area contributed by atoms with Crippen LogP contribution in [-0.2, 0) is 16.0 Å². The topological polar surface area (TPSA) is 58.6 Å². The van der Waals surface area contributed by atoms with Gasteiger partial charge in [-0.2, -0.15) is 0 Å². The molecule has 2 rings (SSSR count). The van der Waals surface area contributed by atoms with Crippen molar-refractivity contribution < 1.29 is 14.3 Å². The van der Waals surface area contributed by atoms with Gasteiger partial charge in [0.15, 0.2) is 0 Å². The first-order valence-electron chi connectivity index (χ1n) is 7.81. The number of ether oxygens (including phenoxy) is 1. The highest BCUT2D eigenvalue weighted by molar-refractivity contribution is 6.32. The van der Waals surface area contributed by atoms with Gasteiger partial charge in [0.2, 0.25) is 5.91 Å². The molecule has 1 aromatic rings. The molecule has 0 aromatic heterocycles. The lowest BCUT2D eigenvalue weighted by Gasteiger charge is -2.26. The summed E-state index contributed by atoms with van der Waals surface area (Å²) in [4.78, 5) is 26.4. The number of hydrogen-bond donors (Lipinski definition) is 1. The smallest absolute Gasteiger partial charge is 0.408 e. The summed E-state index contributed by atoms with van der Waals surface area (Å²) in [7, 11) is 0. The summed E-state index contributed by atoms with van der Waals surface area (Å²) in [6.07, 6.45) is 0.636.